The molecule has 4 rings (SSSR count). The van der Waals surface area contributed by atoms with Crippen LogP contribution in [0, 0.1) is 0 Å². The van der Waals surface area contributed by atoms with Gasteiger partial charge in [-0.2, -0.15) is 0 Å². The molecule has 0 amide bonds. The van der Waals surface area contributed by atoms with E-state index in [2.05, 4.69) is 0 Å². The average Bonchev–Trinajstić information content (AvgIpc) is 2.66. The zero-order valence-electron chi connectivity index (χ0n) is 13.0. The minimum Gasteiger partial charge on any atom is -0.380 e. The van der Waals surface area contributed by atoms with Gasteiger partial charge < -0.3 is 5.11 Å². The molecule has 0 saturated heterocycles. The number of aliphatic hydroxyl groups is 1. The lowest BCUT2D eigenvalue weighted by Gasteiger charge is -2.12. The zero-order chi connectivity index (χ0) is 16.5. The molecule has 0 bridgehead atoms. The molecule has 0 aliphatic rings. The maximum Gasteiger partial charge on any atom is 0.195 e. The summed E-state index contributed by atoms with van der Waals surface area (Å²) in [6.45, 7) is 0. The van der Waals surface area contributed by atoms with Gasteiger partial charge in [-0.25, -0.2) is 0 Å². The van der Waals surface area contributed by atoms with Crippen molar-refractivity contribution in [2.45, 2.75) is 6.10 Å². The first kappa shape index (κ1) is 14.6. The van der Waals surface area contributed by atoms with Crippen LogP contribution in [0.5, 0.6) is 0 Å². The second-order valence-corrected chi connectivity index (χ2v) is 5.94. The van der Waals surface area contributed by atoms with Gasteiger partial charge in [-0.05, 0) is 39.2 Å². The lowest BCUT2D eigenvalue weighted by Crippen LogP contribution is -2.12. The van der Waals surface area contributed by atoms with Crippen LogP contribution in [-0.2, 0) is 0 Å². The quantitative estimate of drug-likeness (QED) is 0.546. The molecule has 0 aliphatic carbocycles. The van der Waals surface area contributed by atoms with Gasteiger partial charge in [0, 0.05) is 5.56 Å². The largest absolute Gasteiger partial charge is 0.380 e. The Kier molecular flexibility index (Phi) is 3.60. The van der Waals surface area contributed by atoms with E-state index in [1.54, 1.807) is 6.07 Å². The van der Waals surface area contributed by atoms with Crippen LogP contribution >= 0.6 is 0 Å². The number of ketones is 1. The van der Waals surface area contributed by atoms with E-state index in [9.17, 15) is 9.90 Å². The minimum atomic E-state index is -1.16. The first-order valence-corrected chi connectivity index (χ1v) is 7.92. The third-order valence-electron chi connectivity index (χ3n) is 4.37. The summed E-state index contributed by atoms with van der Waals surface area (Å²) in [5.41, 5.74) is 1.14. The predicted molar refractivity (Wildman–Crippen MR) is 97.2 cm³/mol. The van der Waals surface area contributed by atoms with E-state index in [-0.39, 0.29) is 5.78 Å². The SMILES string of the molecule is O=C(c1ccc2ccccc2c1)[C@@H](O)c1ccc2ccccc2c1. The van der Waals surface area contributed by atoms with E-state index in [1.165, 1.54) is 0 Å². The fourth-order valence-electron chi connectivity index (χ4n) is 3.03. The van der Waals surface area contributed by atoms with Crippen LogP contribution < -0.4 is 0 Å². The molecule has 0 spiro atoms. The van der Waals surface area contributed by atoms with Crippen molar-refractivity contribution in [1.82, 2.24) is 0 Å². The van der Waals surface area contributed by atoms with E-state index in [1.807, 2.05) is 78.9 Å². The van der Waals surface area contributed by atoms with Gasteiger partial charge in [-0.3, -0.25) is 4.79 Å². The van der Waals surface area contributed by atoms with Gasteiger partial charge in [-0.1, -0.05) is 72.8 Å². The summed E-state index contributed by atoms with van der Waals surface area (Å²) in [5.74, 6) is -0.281. The summed E-state index contributed by atoms with van der Waals surface area (Å²) in [4.78, 5) is 12.7. The van der Waals surface area contributed by atoms with Gasteiger partial charge in [0.15, 0.2) is 5.78 Å². The second kappa shape index (κ2) is 5.91. The second-order valence-electron chi connectivity index (χ2n) is 5.94. The van der Waals surface area contributed by atoms with Crippen LogP contribution in [-0.4, -0.2) is 10.9 Å². The van der Waals surface area contributed by atoms with Gasteiger partial charge in [-0.15, -0.1) is 0 Å². The predicted octanol–water partition coefficient (Wildman–Crippen LogP) is 4.91. The highest BCUT2D eigenvalue weighted by atomic mass is 16.3. The summed E-state index contributed by atoms with van der Waals surface area (Å²) >= 11 is 0. The molecular formula is C22H16O2. The van der Waals surface area contributed by atoms with Crippen molar-refractivity contribution in [3.8, 4) is 0 Å². The first-order valence-electron chi connectivity index (χ1n) is 7.92. The van der Waals surface area contributed by atoms with Crippen molar-refractivity contribution < 1.29 is 9.90 Å². The third kappa shape index (κ3) is 2.57. The van der Waals surface area contributed by atoms with E-state index in [4.69, 9.17) is 0 Å². The van der Waals surface area contributed by atoms with E-state index >= 15 is 0 Å². The monoisotopic (exact) mass is 312 g/mol. The Hall–Kier alpha value is -2.97. The Morgan fingerprint density at radius 2 is 1.21 bits per heavy atom. The minimum absolute atomic E-state index is 0.281. The third-order valence-corrected chi connectivity index (χ3v) is 4.37. The lowest BCUT2D eigenvalue weighted by molar-refractivity contribution is 0.0748. The zero-order valence-corrected chi connectivity index (χ0v) is 13.0. The highest BCUT2D eigenvalue weighted by molar-refractivity contribution is 6.03. The number of aliphatic hydroxyl groups excluding tert-OH is 1. The maximum absolute atomic E-state index is 12.7. The number of benzene rings is 4. The van der Waals surface area contributed by atoms with E-state index in [0.29, 0.717) is 11.1 Å². The van der Waals surface area contributed by atoms with Gasteiger partial charge in [0.2, 0.25) is 0 Å². The summed E-state index contributed by atoms with van der Waals surface area (Å²) in [6, 6.07) is 26.9. The van der Waals surface area contributed by atoms with Gasteiger partial charge in [0.05, 0.1) is 0 Å². The molecule has 4 aromatic rings. The normalized spacial score (nSPS) is 12.4. The lowest BCUT2D eigenvalue weighted by atomic mass is 9.96. The summed E-state index contributed by atoms with van der Waals surface area (Å²) < 4.78 is 0. The Labute approximate surface area is 140 Å². The van der Waals surface area contributed by atoms with E-state index < -0.39 is 6.10 Å². The van der Waals surface area contributed by atoms with Crippen molar-refractivity contribution in [2.75, 3.05) is 0 Å². The molecule has 0 radical (unpaired) electrons. The van der Waals surface area contributed by atoms with Gasteiger partial charge in [0.25, 0.3) is 0 Å². The van der Waals surface area contributed by atoms with Crippen LogP contribution in [0.3, 0.4) is 0 Å². The van der Waals surface area contributed by atoms with Crippen LogP contribution in [0.15, 0.2) is 84.9 Å². The summed E-state index contributed by atoms with van der Waals surface area (Å²) in [5, 5.41) is 14.7. The number of carbonyl (C=O) groups is 1. The number of rotatable bonds is 3. The molecule has 0 aliphatic heterocycles. The molecule has 0 fully saturated rings. The smallest absolute Gasteiger partial charge is 0.195 e. The number of hydrogen-bond donors (Lipinski definition) is 1. The fourth-order valence-corrected chi connectivity index (χ4v) is 3.03. The molecule has 1 atom stereocenters. The fraction of sp³-hybridized carbons (Fsp3) is 0.0455. The summed E-state index contributed by atoms with van der Waals surface area (Å²) in [6.07, 6.45) is -1.16. The molecule has 24 heavy (non-hydrogen) atoms. The van der Waals surface area contributed by atoms with Crippen molar-refractivity contribution >= 4 is 27.3 Å². The Balaban J connectivity index is 1.70. The Morgan fingerprint density at radius 3 is 1.88 bits per heavy atom. The number of carbonyl (C=O) groups excluding carboxylic acids is 1. The van der Waals surface area contributed by atoms with Gasteiger partial charge >= 0.3 is 0 Å². The molecule has 0 saturated carbocycles. The van der Waals surface area contributed by atoms with Crippen molar-refractivity contribution in [2.24, 2.45) is 0 Å². The van der Waals surface area contributed by atoms with Gasteiger partial charge in [0.1, 0.15) is 6.10 Å². The molecule has 0 heterocycles. The molecule has 116 valence electrons. The van der Waals surface area contributed by atoms with Crippen molar-refractivity contribution in [1.29, 1.82) is 0 Å². The molecule has 4 aromatic carbocycles. The molecular weight excluding hydrogens is 296 g/mol. The molecule has 0 aromatic heterocycles. The Bertz CT molecular complexity index is 1050. The van der Waals surface area contributed by atoms with Crippen molar-refractivity contribution in [3.63, 3.8) is 0 Å². The standard InChI is InChI=1S/C22H16O2/c23-21(19-11-9-15-5-1-3-7-17(15)13-19)22(24)20-12-10-16-6-2-4-8-18(16)14-20/h1-14,21,23H/t21-/m0/s1. The number of hydrogen-bond acceptors (Lipinski definition) is 2. The number of fused-ring (bicyclic) bond motifs is 2. The van der Waals surface area contributed by atoms with Crippen molar-refractivity contribution in [3.05, 3.63) is 96.1 Å². The molecule has 2 heteroatoms. The average molecular weight is 312 g/mol. The molecule has 2 nitrogen and oxygen atoms in total. The highest BCUT2D eigenvalue weighted by Crippen LogP contribution is 2.25. The Morgan fingerprint density at radius 1 is 0.667 bits per heavy atom. The first-order chi connectivity index (χ1) is 11.7. The summed E-state index contributed by atoms with van der Waals surface area (Å²) in [7, 11) is 0. The highest BCUT2D eigenvalue weighted by Gasteiger charge is 2.19. The topological polar surface area (TPSA) is 37.3 Å². The molecule has 0 unspecified atom stereocenters. The maximum atomic E-state index is 12.7. The van der Waals surface area contributed by atoms with Crippen LogP contribution in [0.1, 0.15) is 22.0 Å². The van der Waals surface area contributed by atoms with Crippen LogP contribution in [0.25, 0.3) is 21.5 Å². The van der Waals surface area contributed by atoms with Crippen LogP contribution in [0.2, 0.25) is 0 Å². The van der Waals surface area contributed by atoms with Crippen LogP contribution in [0.4, 0.5) is 0 Å². The molecule has 1 N–H and O–H groups in total. The number of Topliss-reactive ketones (excluding diaryl/α,β-unsaturated/α-hetero) is 1. The van der Waals surface area contributed by atoms with E-state index in [0.717, 1.165) is 21.5 Å².